The van der Waals surface area contributed by atoms with Gasteiger partial charge in [-0.1, -0.05) is 26.0 Å². The molecular weight excluding hydrogens is 190 g/mol. The number of nitrogens with one attached hydrogen (secondary N) is 1. The number of aliphatic hydroxyl groups is 1. The van der Waals surface area contributed by atoms with Crippen LogP contribution in [-0.2, 0) is 6.54 Å². The van der Waals surface area contributed by atoms with Crippen LogP contribution in [-0.4, -0.2) is 24.4 Å². The van der Waals surface area contributed by atoms with E-state index < -0.39 is 0 Å². The van der Waals surface area contributed by atoms with E-state index >= 15 is 0 Å². The summed E-state index contributed by atoms with van der Waals surface area (Å²) in [7, 11) is 0. The summed E-state index contributed by atoms with van der Waals surface area (Å²) in [4.78, 5) is 0. The Kier molecular flexibility index (Phi) is 5.15. The average Bonchev–Trinajstić information content (AvgIpc) is 2.25. The molecule has 0 aliphatic heterocycles. The first-order valence-corrected chi connectivity index (χ1v) is 5.28. The molecular formula is C12H19NO2. The standard InChI is InChI=1S/C12H19NO2/c1-10(2)13-9-11-3-5-12(6-4-11)15-8-7-14/h3-6,10,13-14H,7-9H2,1-2H3. The minimum atomic E-state index is 0.0522. The predicted molar refractivity (Wildman–Crippen MR) is 61.0 cm³/mol. The van der Waals surface area contributed by atoms with Crippen LogP contribution in [0.5, 0.6) is 5.75 Å². The SMILES string of the molecule is CC(C)NCc1ccc(OCCO)cc1. The Labute approximate surface area is 91.1 Å². The van der Waals surface area contributed by atoms with E-state index in [1.54, 1.807) is 0 Å². The fraction of sp³-hybridized carbons (Fsp3) is 0.500. The molecule has 1 rings (SSSR count). The second-order valence-electron chi connectivity index (χ2n) is 3.75. The van der Waals surface area contributed by atoms with E-state index in [9.17, 15) is 0 Å². The summed E-state index contributed by atoms with van der Waals surface area (Å²) in [6.07, 6.45) is 0. The summed E-state index contributed by atoms with van der Waals surface area (Å²) in [5, 5.41) is 11.9. The van der Waals surface area contributed by atoms with Crippen LogP contribution in [0.2, 0.25) is 0 Å². The van der Waals surface area contributed by atoms with Crippen LogP contribution in [0.4, 0.5) is 0 Å². The monoisotopic (exact) mass is 209 g/mol. The van der Waals surface area contributed by atoms with Crippen molar-refractivity contribution in [3.63, 3.8) is 0 Å². The lowest BCUT2D eigenvalue weighted by Crippen LogP contribution is -2.21. The lowest BCUT2D eigenvalue weighted by molar-refractivity contribution is 0.201. The van der Waals surface area contributed by atoms with Crippen LogP contribution in [0.15, 0.2) is 24.3 Å². The number of aliphatic hydroxyl groups excluding tert-OH is 1. The third kappa shape index (κ3) is 4.81. The summed E-state index contributed by atoms with van der Waals surface area (Å²) < 4.78 is 5.27. The summed E-state index contributed by atoms with van der Waals surface area (Å²) in [5.74, 6) is 0.803. The van der Waals surface area contributed by atoms with Crippen LogP contribution in [0.3, 0.4) is 0 Å². The third-order valence-corrected chi connectivity index (χ3v) is 2.00. The Morgan fingerprint density at radius 3 is 2.47 bits per heavy atom. The van der Waals surface area contributed by atoms with Crippen molar-refractivity contribution in [1.29, 1.82) is 0 Å². The molecule has 0 aliphatic carbocycles. The van der Waals surface area contributed by atoms with Crippen molar-refractivity contribution < 1.29 is 9.84 Å². The maximum absolute atomic E-state index is 8.59. The van der Waals surface area contributed by atoms with Crippen molar-refractivity contribution in [2.45, 2.75) is 26.4 Å². The zero-order valence-corrected chi connectivity index (χ0v) is 9.36. The summed E-state index contributed by atoms with van der Waals surface area (Å²) in [6.45, 7) is 5.52. The molecule has 3 nitrogen and oxygen atoms in total. The van der Waals surface area contributed by atoms with Crippen molar-refractivity contribution in [1.82, 2.24) is 5.32 Å². The van der Waals surface area contributed by atoms with E-state index in [4.69, 9.17) is 9.84 Å². The van der Waals surface area contributed by atoms with E-state index in [0.29, 0.717) is 12.6 Å². The molecule has 0 spiro atoms. The first-order valence-electron chi connectivity index (χ1n) is 5.28. The Morgan fingerprint density at radius 1 is 1.27 bits per heavy atom. The average molecular weight is 209 g/mol. The zero-order chi connectivity index (χ0) is 11.1. The van der Waals surface area contributed by atoms with Crippen molar-refractivity contribution in [2.75, 3.05) is 13.2 Å². The molecule has 0 unspecified atom stereocenters. The first-order chi connectivity index (χ1) is 7.22. The highest BCUT2D eigenvalue weighted by atomic mass is 16.5. The van der Waals surface area contributed by atoms with Gasteiger partial charge in [0.2, 0.25) is 0 Å². The highest BCUT2D eigenvalue weighted by Crippen LogP contribution is 2.11. The number of ether oxygens (including phenoxy) is 1. The summed E-state index contributed by atoms with van der Waals surface area (Å²) in [6, 6.07) is 8.40. The summed E-state index contributed by atoms with van der Waals surface area (Å²) >= 11 is 0. The predicted octanol–water partition coefficient (Wildman–Crippen LogP) is 1.56. The molecule has 0 heterocycles. The quantitative estimate of drug-likeness (QED) is 0.747. The molecule has 0 saturated heterocycles. The maximum atomic E-state index is 8.59. The van der Waals surface area contributed by atoms with Crippen LogP contribution >= 0.6 is 0 Å². The van der Waals surface area contributed by atoms with Gasteiger partial charge in [0.1, 0.15) is 12.4 Å². The maximum Gasteiger partial charge on any atom is 0.119 e. The van der Waals surface area contributed by atoms with Gasteiger partial charge < -0.3 is 15.2 Å². The van der Waals surface area contributed by atoms with Crippen LogP contribution in [0.25, 0.3) is 0 Å². The fourth-order valence-electron chi connectivity index (χ4n) is 1.19. The van der Waals surface area contributed by atoms with E-state index in [-0.39, 0.29) is 6.61 Å². The Morgan fingerprint density at radius 2 is 1.93 bits per heavy atom. The minimum absolute atomic E-state index is 0.0522. The molecule has 0 fully saturated rings. The number of hydrogen-bond donors (Lipinski definition) is 2. The van der Waals surface area contributed by atoms with Gasteiger partial charge in [-0.25, -0.2) is 0 Å². The van der Waals surface area contributed by atoms with Crippen molar-refractivity contribution in [2.24, 2.45) is 0 Å². The van der Waals surface area contributed by atoms with Crippen LogP contribution in [0, 0.1) is 0 Å². The van der Waals surface area contributed by atoms with E-state index in [1.165, 1.54) is 5.56 Å². The molecule has 0 amide bonds. The van der Waals surface area contributed by atoms with Gasteiger partial charge in [-0.3, -0.25) is 0 Å². The lowest BCUT2D eigenvalue weighted by Gasteiger charge is -2.09. The van der Waals surface area contributed by atoms with Crippen LogP contribution < -0.4 is 10.1 Å². The molecule has 1 aromatic carbocycles. The first kappa shape index (κ1) is 12.0. The molecule has 0 bridgehead atoms. The van der Waals surface area contributed by atoms with Gasteiger partial charge in [-0.15, -0.1) is 0 Å². The normalized spacial score (nSPS) is 10.7. The molecule has 15 heavy (non-hydrogen) atoms. The molecule has 3 heteroatoms. The van der Waals surface area contributed by atoms with Crippen LogP contribution in [0.1, 0.15) is 19.4 Å². The molecule has 0 radical (unpaired) electrons. The van der Waals surface area contributed by atoms with Crippen molar-refractivity contribution in [3.05, 3.63) is 29.8 Å². The van der Waals surface area contributed by atoms with Gasteiger partial charge in [0.25, 0.3) is 0 Å². The largest absolute Gasteiger partial charge is 0.491 e. The molecule has 1 aromatic rings. The third-order valence-electron chi connectivity index (χ3n) is 2.00. The number of rotatable bonds is 6. The lowest BCUT2D eigenvalue weighted by atomic mass is 10.2. The van der Waals surface area contributed by atoms with Gasteiger partial charge in [0, 0.05) is 12.6 Å². The Bertz CT molecular complexity index is 269. The second kappa shape index (κ2) is 6.43. The van der Waals surface area contributed by atoms with Gasteiger partial charge in [-0.2, -0.15) is 0 Å². The fourth-order valence-corrected chi connectivity index (χ4v) is 1.19. The summed E-state index contributed by atoms with van der Waals surface area (Å²) in [5.41, 5.74) is 1.24. The minimum Gasteiger partial charge on any atom is -0.491 e. The van der Waals surface area contributed by atoms with Crippen molar-refractivity contribution in [3.8, 4) is 5.75 Å². The Balaban J connectivity index is 2.41. The molecule has 0 saturated carbocycles. The zero-order valence-electron chi connectivity index (χ0n) is 9.36. The molecule has 0 atom stereocenters. The Hall–Kier alpha value is -1.06. The van der Waals surface area contributed by atoms with Gasteiger partial charge >= 0.3 is 0 Å². The van der Waals surface area contributed by atoms with E-state index in [0.717, 1.165) is 12.3 Å². The molecule has 2 N–H and O–H groups in total. The van der Waals surface area contributed by atoms with Gasteiger partial charge in [0.15, 0.2) is 0 Å². The van der Waals surface area contributed by atoms with E-state index in [2.05, 4.69) is 19.2 Å². The molecule has 0 aromatic heterocycles. The molecule has 0 aliphatic rings. The topological polar surface area (TPSA) is 41.5 Å². The van der Waals surface area contributed by atoms with E-state index in [1.807, 2.05) is 24.3 Å². The van der Waals surface area contributed by atoms with Gasteiger partial charge in [0.05, 0.1) is 6.61 Å². The highest BCUT2D eigenvalue weighted by molar-refractivity contribution is 5.27. The number of benzene rings is 1. The highest BCUT2D eigenvalue weighted by Gasteiger charge is 1.96. The smallest absolute Gasteiger partial charge is 0.119 e. The van der Waals surface area contributed by atoms with Crippen molar-refractivity contribution >= 4 is 0 Å². The number of hydrogen-bond acceptors (Lipinski definition) is 3. The molecule has 84 valence electrons. The van der Waals surface area contributed by atoms with Gasteiger partial charge in [-0.05, 0) is 17.7 Å². The second-order valence-corrected chi connectivity index (χ2v) is 3.75.